The maximum atomic E-state index is 12.4. The average Bonchev–Trinajstić information content (AvgIpc) is 3.96. The van der Waals surface area contributed by atoms with Crippen molar-refractivity contribution in [1.29, 1.82) is 0 Å². The van der Waals surface area contributed by atoms with Gasteiger partial charge in [-0.1, -0.05) is 36.4 Å². The summed E-state index contributed by atoms with van der Waals surface area (Å²) >= 11 is 0. The summed E-state index contributed by atoms with van der Waals surface area (Å²) in [7, 11) is 1.51. The van der Waals surface area contributed by atoms with Crippen molar-refractivity contribution in [3.63, 3.8) is 0 Å². The topological polar surface area (TPSA) is 288 Å². The molecule has 0 radical (unpaired) electrons. The number of aliphatic hydroxyl groups is 5. The van der Waals surface area contributed by atoms with Gasteiger partial charge in [0, 0.05) is 48.5 Å². The van der Waals surface area contributed by atoms with E-state index in [-0.39, 0.29) is 32.1 Å². The Kier molecular flexibility index (Phi) is 12.4. The van der Waals surface area contributed by atoms with Gasteiger partial charge in [0.2, 0.25) is 12.0 Å². The fourth-order valence-electron chi connectivity index (χ4n) is 8.71. The molecule has 1 fully saturated rings. The van der Waals surface area contributed by atoms with Crippen LogP contribution in [-0.2, 0) is 32.0 Å². The molecule has 10 N–H and O–H groups in total. The Morgan fingerprint density at radius 3 is 2.52 bits per heavy atom. The van der Waals surface area contributed by atoms with E-state index >= 15 is 0 Å². The lowest BCUT2D eigenvalue weighted by Crippen LogP contribution is -2.66. The van der Waals surface area contributed by atoms with Crippen LogP contribution in [-0.4, -0.2) is 136 Å². The minimum Gasteiger partial charge on any atom is -0.493 e. The molecule has 0 spiro atoms. The lowest BCUT2D eigenvalue weighted by molar-refractivity contribution is -0.291. The van der Waals surface area contributed by atoms with Crippen LogP contribution >= 0.6 is 0 Å². The number of fused-ring (bicyclic) bond motifs is 6. The molecule has 0 saturated carbocycles. The fraction of sp³-hybridized carbons (Fsp3) is 0.419. The number of nitrogens with two attached hydrogens (primary N) is 2. The summed E-state index contributed by atoms with van der Waals surface area (Å²) in [5.74, 6) is -1.54. The number of methoxy groups -OCH3 is 1. The molecule has 5 aliphatic heterocycles. The molecule has 0 aromatic heterocycles. The van der Waals surface area contributed by atoms with Crippen molar-refractivity contribution in [1.82, 2.24) is 4.90 Å². The third-order valence-electron chi connectivity index (χ3n) is 11.5. The highest BCUT2D eigenvalue weighted by molar-refractivity contribution is 5.90. The van der Waals surface area contributed by atoms with Crippen molar-refractivity contribution >= 4 is 18.2 Å². The van der Waals surface area contributed by atoms with E-state index in [1.807, 2.05) is 47.4 Å². The number of carbonyl (C=O) groups excluding carboxylic acids is 1. The van der Waals surface area contributed by atoms with E-state index in [9.17, 15) is 35.1 Å². The van der Waals surface area contributed by atoms with Crippen LogP contribution in [0, 0.1) is 0 Å². The number of esters is 1. The number of ether oxygens (including phenoxy) is 7. The van der Waals surface area contributed by atoms with E-state index in [0.717, 1.165) is 16.7 Å². The summed E-state index contributed by atoms with van der Waals surface area (Å²) in [6, 6.07) is 16.7. The molecule has 0 bridgehead atoms. The molecule has 0 amide bonds. The number of hydrogen-bond acceptors (Lipinski definition) is 18. The number of nitrogens with zero attached hydrogens (tertiary/aromatic N) is 2. The van der Waals surface area contributed by atoms with E-state index in [2.05, 4.69) is 4.99 Å². The number of hydrogen-bond donors (Lipinski definition) is 8. The first-order valence-corrected chi connectivity index (χ1v) is 20.0. The molecule has 0 unspecified atom stereocenters. The molecule has 19 heteroatoms. The van der Waals surface area contributed by atoms with E-state index in [4.69, 9.17) is 49.7 Å². The van der Waals surface area contributed by atoms with Crippen LogP contribution in [0.3, 0.4) is 0 Å². The molecular weight excluding hydrogens is 812 g/mol. The number of aliphatic hydroxyl groups excluding tert-OH is 5. The van der Waals surface area contributed by atoms with Crippen LogP contribution in [0.25, 0.3) is 0 Å². The highest BCUT2D eigenvalue weighted by Crippen LogP contribution is 2.59. The molecule has 330 valence electrons. The predicted molar refractivity (Wildman–Crippen MR) is 215 cm³/mol. The van der Waals surface area contributed by atoms with Gasteiger partial charge in [-0.05, 0) is 29.3 Å². The first-order chi connectivity index (χ1) is 29.9. The Morgan fingerprint density at radius 2 is 1.81 bits per heavy atom. The van der Waals surface area contributed by atoms with Gasteiger partial charge >= 0.3 is 11.9 Å². The van der Waals surface area contributed by atoms with Gasteiger partial charge in [-0.2, -0.15) is 0 Å². The Balaban J connectivity index is 1.21. The number of allylic oxidation sites excluding steroid dienone is 1. The molecule has 3 aromatic carbocycles. The molecule has 9 atom stereocenters. The summed E-state index contributed by atoms with van der Waals surface area (Å²) in [4.78, 5) is 30.0. The van der Waals surface area contributed by atoms with Crippen LogP contribution in [0.4, 0.5) is 0 Å². The van der Waals surface area contributed by atoms with Crippen molar-refractivity contribution in [2.45, 2.75) is 80.5 Å². The summed E-state index contributed by atoms with van der Waals surface area (Å²) in [5.41, 5.74) is 17.0. The highest BCUT2D eigenvalue weighted by Gasteiger charge is 2.52. The second kappa shape index (κ2) is 17.9. The van der Waals surface area contributed by atoms with Gasteiger partial charge in [0.1, 0.15) is 61.2 Å². The maximum absolute atomic E-state index is 12.4. The standard InChI is InChI=1S/C43H48N4O15/c1-56-26-8-7-24-32-27(13-20-5-3-2-4-6-20)59-28-15-23(58-43-36(55)34(53)35(54)40(62-43)41(42(44)45)60-30(52)16-29(50)51)14-22(18-47-17-21-9-10-46-33(21)25(47)19-49)31(28)39(32)61-37(24)38(26)57-12-11-48/h2-10,14-15,27,32,34-36,39-43,48-49,53-55H,11-13,16-19,44-45H2,1H3,(H,50,51)/t27-,32-,34+,35+,36-,39+,40+,41+,43-/m1/s1. The second-order valence-corrected chi connectivity index (χ2v) is 15.4. The van der Waals surface area contributed by atoms with E-state index < -0.39 is 79.5 Å². The van der Waals surface area contributed by atoms with Gasteiger partial charge < -0.3 is 80.2 Å². The molecule has 3 aromatic rings. The van der Waals surface area contributed by atoms with Crippen LogP contribution in [0.15, 0.2) is 82.6 Å². The largest absolute Gasteiger partial charge is 0.493 e. The first kappa shape index (κ1) is 42.9. The summed E-state index contributed by atoms with van der Waals surface area (Å²) in [6.07, 6.45) is -10.6. The molecule has 0 aliphatic carbocycles. The number of carboxylic acid groups (broad SMARTS) is 1. The normalized spacial score (nSPS) is 26.1. The summed E-state index contributed by atoms with van der Waals surface area (Å²) < 4.78 is 43.0. The first-order valence-electron chi connectivity index (χ1n) is 20.0. The molecule has 5 heterocycles. The quantitative estimate of drug-likeness (QED) is 0.0540. The zero-order valence-corrected chi connectivity index (χ0v) is 33.5. The number of aliphatic carboxylic acids is 1. The van der Waals surface area contributed by atoms with Crippen molar-refractivity contribution < 1.29 is 73.4 Å². The SMILES string of the molecule is COc1ccc2c(c1OCCO)O[C@H]1c3c(CN4CC5=CC=NC5=C4CO)cc(O[C@@H]4O[C@H]([C@H](OC(=O)CC(=O)O)C(N)N)[C@@H](O)[C@H](O)[C@H]4O)cc3O[C@H](Cc3ccccc3)[C@@H]21. The highest BCUT2D eigenvalue weighted by atomic mass is 16.7. The van der Waals surface area contributed by atoms with Crippen molar-refractivity contribution in [2.75, 3.05) is 33.5 Å². The summed E-state index contributed by atoms with van der Waals surface area (Å²) in [5, 5.41) is 62.6. The minimum absolute atomic E-state index is 0.0196. The molecular formula is C43H48N4O15. The van der Waals surface area contributed by atoms with E-state index in [1.165, 1.54) is 7.11 Å². The molecule has 5 aliphatic rings. The Hall–Kier alpha value is -5.77. The van der Waals surface area contributed by atoms with Gasteiger partial charge in [-0.15, -0.1) is 0 Å². The van der Waals surface area contributed by atoms with E-state index in [1.54, 1.807) is 24.4 Å². The van der Waals surface area contributed by atoms with Crippen molar-refractivity contribution in [3.8, 4) is 28.7 Å². The average molecular weight is 861 g/mol. The zero-order valence-electron chi connectivity index (χ0n) is 33.5. The monoisotopic (exact) mass is 860 g/mol. The lowest BCUT2D eigenvalue weighted by Gasteiger charge is -2.43. The van der Waals surface area contributed by atoms with Gasteiger partial charge in [-0.25, -0.2) is 0 Å². The van der Waals surface area contributed by atoms with Crippen molar-refractivity contribution in [3.05, 3.63) is 99.9 Å². The van der Waals surface area contributed by atoms with Crippen LogP contribution < -0.4 is 35.2 Å². The van der Waals surface area contributed by atoms with Crippen molar-refractivity contribution in [2.24, 2.45) is 16.5 Å². The third-order valence-corrected chi connectivity index (χ3v) is 11.5. The van der Waals surface area contributed by atoms with Gasteiger partial charge in [0.15, 0.2) is 17.6 Å². The summed E-state index contributed by atoms with van der Waals surface area (Å²) in [6.45, 7) is 0.0304. The number of carbonyl (C=O) groups is 2. The van der Waals surface area contributed by atoms with E-state index in [0.29, 0.717) is 58.5 Å². The third kappa shape index (κ3) is 8.16. The Morgan fingerprint density at radius 1 is 1.02 bits per heavy atom. The fourth-order valence-corrected chi connectivity index (χ4v) is 8.71. The Labute approximate surface area is 354 Å². The number of carboxylic acids is 1. The lowest BCUT2D eigenvalue weighted by atomic mass is 9.80. The zero-order chi connectivity index (χ0) is 43.8. The van der Waals surface area contributed by atoms with Crippen LogP contribution in [0.2, 0.25) is 0 Å². The molecule has 8 rings (SSSR count). The minimum atomic E-state index is -1.93. The molecule has 1 saturated heterocycles. The smallest absolute Gasteiger partial charge is 0.317 e. The number of benzene rings is 3. The maximum Gasteiger partial charge on any atom is 0.317 e. The molecule has 19 nitrogen and oxygen atoms in total. The van der Waals surface area contributed by atoms with Crippen LogP contribution in [0.1, 0.15) is 40.7 Å². The number of aliphatic imine (C=N–C) groups is 1. The molecule has 62 heavy (non-hydrogen) atoms. The van der Waals surface area contributed by atoms with Gasteiger partial charge in [0.05, 0.1) is 43.8 Å². The second-order valence-electron chi connectivity index (χ2n) is 15.4. The van der Waals surface area contributed by atoms with Crippen LogP contribution in [0.5, 0.6) is 28.7 Å². The Bertz CT molecular complexity index is 2270. The van der Waals surface area contributed by atoms with Gasteiger partial charge in [0.25, 0.3) is 0 Å². The predicted octanol–water partition coefficient (Wildman–Crippen LogP) is 0.134. The van der Waals surface area contributed by atoms with Gasteiger partial charge in [-0.3, -0.25) is 14.6 Å². The number of rotatable bonds is 16.